The van der Waals surface area contributed by atoms with Gasteiger partial charge in [0.05, 0.1) is 6.61 Å². The average molecular weight is 243 g/mol. The topological polar surface area (TPSA) is 12.5 Å². The molecule has 16 heavy (non-hydrogen) atoms. The zero-order valence-electron chi connectivity index (χ0n) is 10.5. The molecule has 0 aromatic rings. The molecule has 1 heterocycles. The second-order valence-corrected chi connectivity index (χ2v) is 6.03. The smallest absolute Gasteiger partial charge is 0.0503 e. The van der Waals surface area contributed by atoms with Gasteiger partial charge < -0.3 is 9.64 Å². The van der Waals surface area contributed by atoms with Gasteiger partial charge >= 0.3 is 0 Å². The first-order valence-corrected chi connectivity index (χ1v) is 7.23. The van der Waals surface area contributed by atoms with Crippen molar-refractivity contribution in [3.8, 4) is 0 Å². The lowest BCUT2D eigenvalue weighted by Gasteiger charge is -2.32. The quantitative estimate of drug-likeness (QED) is 0.745. The zero-order chi connectivity index (χ0) is 11.4. The Morgan fingerprint density at radius 3 is 2.75 bits per heavy atom. The molecule has 2 fully saturated rings. The largest absolute Gasteiger partial charge is 0.384 e. The Morgan fingerprint density at radius 2 is 2.12 bits per heavy atom. The van der Waals surface area contributed by atoms with E-state index >= 15 is 0 Å². The maximum atomic E-state index is 5.25. The van der Waals surface area contributed by atoms with Crippen molar-refractivity contribution in [1.29, 1.82) is 0 Å². The lowest BCUT2D eigenvalue weighted by Crippen LogP contribution is -2.36. The molecule has 94 valence electrons. The van der Waals surface area contributed by atoms with Gasteiger partial charge in [0.2, 0.25) is 0 Å². The molecule has 3 heteroatoms. The molecule has 1 atom stereocenters. The Balaban J connectivity index is 1.81. The van der Waals surface area contributed by atoms with E-state index in [1.807, 2.05) is 7.11 Å². The molecule has 1 saturated carbocycles. The summed E-state index contributed by atoms with van der Waals surface area (Å²) in [5.74, 6) is 1.83. The summed E-state index contributed by atoms with van der Waals surface area (Å²) in [5, 5.41) is 0. The van der Waals surface area contributed by atoms with Crippen LogP contribution in [-0.2, 0) is 4.74 Å². The highest BCUT2D eigenvalue weighted by Crippen LogP contribution is 2.40. The number of rotatable bonds is 5. The minimum Gasteiger partial charge on any atom is -0.384 e. The minimum atomic E-state index is 0.533. The summed E-state index contributed by atoms with van der Waals surface area (Å²) < 4.78 is 5.25. The van der Waals surface area contributed by atoms with Gasteiger partial charge in [-0.15, -0.1) is 0 Å². The van der Waals surface area contributed by atoms with Gasteiger partial charge in [-0.3, -0.25) is 0 Å². The molecule has 1 aliphatic heterocycles. The summed E-state index contributed by atoms with van der Waals surface area (Å²) in [6, 6.07) is 0. The molecule has 2 aliphatic rings. The SMILES string of the molecule is COCC1CCN(CC2(CS)CCCC2)C1. The van der Waals surface area contributed by atoms with Crippen LogP contribution in [0.3, 0.4) is 0 Å². The van der Waals surface area contributed by atoms with Gasteiger partial charge in [-0.1, -0.05) is 12.8 Å². The zero-order valence-corrected chi connectivity index (χ0v) is 11.3. The van der Waals surface area contributed by atoms with Crippen molar-refractivity contribution in [2.75, 3.05) is 39.1 Å². The van der Waals surface area contributed by atoms with E-state index in [0.717, 1.165) is 18.3 Å². The van der Waals surface area contributed by atoms with Crippen molar-refractivity contribution >= 4 is 12.6 Å². The molecule has 0 radical (unpaired) electrons. The van der Waals surface area contributed by atoms with Crippen LogP contribution >= 0.6 is 12.6 Å². The fraction of sp³-hybridized carbons (Fsp3) is 1.00. The van der Waals surface area contributed by atoms with Crippen LogP contribution in [0.1, 0.15) is 32.1 Å². The summed E-state index contributed by atoms with van der Waals surface area (Å²) in [4.78, 5) is 2.64. The van der Waals surface area contributed by atoms with Crippen LogP contribution in [0.2, 0.25) is 0 Å². The second kappa shape index (κ2) is 5.74. The van der Waals surface area contributed by atoms with Crippen LogP contribution in [0.4, 0.5) is 0 Å². The van der Waals surface area contributed by atoms with Crippen molar-refractivity contribution in [2.45, 2.75) is 32.1 Å². The third-order valence-electron chi connectivity index (χ3n) is 4.33. The van der Waals surface area contributed by atoms with Crippen molar-refractivity contribution in [3.63, 3.8) is 0 Å². The predicted molar refractivity (Wildman–Crippen MR) is 71.2 cm³/mol. The first-order valence-electron chi connectivity index (χ1n) is 6.60. The molecular weight excluding hydrogens is 218 g/mol. The van der Waals surface area contributed by atoms with E-state index in [2.05, 4.69) is 17.5 Å². The number of hydrogen-bond donors (Lipinski definition) is 1. The highest BCUT2D eigenvalue weighted by molar-refractivity contribution is 7.80. The molecule has 0 bridgehead atoms. The molecule has 0 aromatic heterocycles. The number of hydrogen-bond acceptors (Lipinski definition) is 3. The van der Waals surface area contributed by atoms with Crippen molar-refractivity contribution in [3.05, 3.63) is 0 Å². The van der Waals surface area contributed by atoms with E-state index in [1.54, 1.807) is 0 Å². The lowest BCUT2D eigenvalue weighted by molar-refractivity contribution is 0.144. The van der Waals surface area contributed by atoms with Crippen LogP contribution in [-0.4, -0.2) is 44.0 Å². The summed E-state index contributed by atoms with van der Waals surface area (Å²) in [7, 11) is 1.81. The van der Waals surface area contributed by atoms with Crippen molar-refractivity contribution in [1.82, 2.24) is 4.90 Å². The molecule has 0 aromatic carbocycles. The summed E-state index contributed by atoms with van der Waals surface area (Å²) >= 11 is 4.59. The van der Waals surface area contributed by atoms with Crippen LogP contribution in [0, 0.1) is 11.3 Å². The maximum Gasteiger partial charge on any atom is 0.0503 e. The summed E-state index contributed by atoms with van der Waals surface area (Å²) in [5.41, 5.74) is 0.533. The van der Waals surface area contributed by atoms with Crippen LogP contribution in [0.15, 0.2) is 0 Å². The van der Waals surface area contributed by atoms with Crippen LogP contribution < -0.4 is 0 Å². The summed E-state index contributed by atoms with van der Waals surface area (Å²) in [6.45, 7) is 4.72. The van der Waals surface area contributed by atoms with E-state index in [1.165, 1.54) is 51.7 Å². The van der Waals surface area contributed by atoms with Gasteiger partial charge in [-0.2, -0.15) is 12.6 Å². The number of likely N-dealkylation sites (tertiary alicyclic amines) is 1. The number of nitrogens with zero attached hydrogens (tertiary/aromatic N) is 1. The normalized spacial score (nSPS) is 30.0. The monoisotopic (exact) mass is 243 g/mol. The Bertz CT molecular complexity index is 216. The van der Waals surface area contributed by atoms with Crippen molar-refractivity contribution < 1.29 is 4.74 Å². The Labute approximate surface area is 105 Å². The lowest BCUT2D eigenvalue weighted by atomic mass is 9.88. The first kappa shape index (κ1) is 12.7. The van der Waals surface area contributed by atoms with Crippen LogP contribution in [0.25, 0.3) is 0 Å². The second-order valence-electron chi connectivity index (χ2n) is 5.71. The molecule has 1 saturated heterocycles. The highest BCUT2D eigenvalue weighted by Gasteiger charge is 2.36. The summed E-state index contributed by atoms with van der Waals surface area (Å²) in [6.07, 6.45) is 6.92. The van der Waals surface area contributed by atoms with E-state index in [4.69, 9.17) is 4.74 Å². The molecule has 1 aliphatic carbocycles. The van der Waals surface area contributed by atoms with E-state index in [0.29, 0.717) is 5.41 Å². The van der Waals surface area contributed by atoms with Gasteiger partial charge in [0, 0.05) is 20.2 Å². The molecule has 2 nitrogen and oxygen atoms in total. The molecule has 2 rings (SSSR count). The van der Waals surface area contributed by atoms with Crippen LogP contribution in [0.5, 0.6) is 0 Å². The Kier molecular flexibility index (Phi) is 4.57. The third kappa shape index (κ3) is 2.93. The van der Waals surface area contributed by atoms with E-state index in [-0.39, 0.29) is 0 Å². The highest BCUT2D eigenvalue weighted by atomic mass is 32.1. The predicted octanol–water partition coefficient (Wildman–Crippen LogP) is 2.44. The van der Waals surface area contributed by atoms with Gasteiger partial charge in [-0.05, 0) is 42.9 Å². The Hall–Kier alpha value is 0.270. The molecular formula is C13H25NOS. The average Bonchev–Trinajstić information content (AvgIpc) is 2.90. The minimum absolute atomic E-state index is 0.533. The molecule has 0 amide bonds. The fourth-order valence-corrected chi connectivity index (χ4v) is 3.81. The van der Waals surface area contributed by atoms with E-state index < -0.39 is 0 Å². The fourth-order valence-electron chi connectivity index (χ4n) is 3.39. The molecule has 0 spiro atoms. The van der Waals surface area contributed by atoms with Gasteiger partial charge in [0.1, 0.15) is 0 Å². The van der Waals surface area contributed by atoms with Crippen molar-refractivity contribution in [2.24, 2.45) is 11.3 Å². The van der Waals surface area contributed by atoms with E-state index in [9.17, 15) is 0 Å². The Morgan fingerprint density at radius 1 is 1.38 bits per heavy atom. The number of methoxy groups -OCH3 is 1. The number of thiol groups is 1. The van der Waals surface area contributed by atoms with Gasteiger partial charge in [-0.25, -0.2) is 0 Å². The number of ether oxygens (including phenoxy) is 1. The first-order chi connectivity index (χ1) is 7.78. The molecule has 1 unspecified atom stereocenters. The third-order valence-corrected chi connectivity index (χ3v) is 5.00. The van der Waals surface area contributed by atoms with Gasteiger partial charge in [0.15, 0.2) is 0 Å². The maximum absolute atomic E-state index is 5.25. The van der Waals surface area contributed by atoms with Gasteiger partial charge in [0.25, 0.3) is 0 Å². The standard InChI is InChI=1S/C13H25NOS/c1-15-9-12-4-7-14(8-12)10-13(11-16)5-2-3-6-13/h12,16H,2-11H2,1H3. The molecule has 0 N–H and O–H groups in total.